The van der Waals surface area contributed by atoms with E-state index in [-0.39, 0.29) is 6.61 Å². The van der Waals surface area contributed by atoms with Gasteiger partial charge in [0.1, 0.15) is 10.0 Å². The fraction of sp³-hybridized carbons (Fsp3) is 0.125. The van der Waals surface area contributed by atoms with Gasteiger partial charge in [0.25, 0.3) is 0 Å². The van der Waals surface area contributed by atoms with E-state index in [1.54, 1.807) is 12.1 Å². The zero-order valence-electron chi connectivity index (χ0n) is 6.83. The highest BCUT2D eigenvalue weighted by Gasteiger charge is 2.13. The zero-order valence-corrected chi connectivity index (χ0v) is 9.16. The summed E-state index contributed by atoms with van der Waals surface area (Å²) in [4.78, 5) is 0. The molecular formula is C8H5Cl2NO2S. The van der Waals surface area contributed by atoms with E-state index >= 15 is 0 Å². The second-order valence-corrected chi connectivity index (χ2v) is 4.86. The van der Waals surface area contributed by atoms with Crippen LogP contribution in [0.25, 0.3) is 11.3 Å². The van der Waals surface area contributed by atoms with Crippen molar-refractivity contribution in [1.82, 2.24) is 5.16 Å². The number of aliphatic hydroxyl groups is 1. The molecule has 2 heterocycles. The molecule has 74 valence electrons. The van der Waals surface area contributed by atoms with Gasteiger partial charge in [0.2, 0.25) is 0 Å². The molecule has 2 aromatic rings. The maximum absolute atomic E-state index is 8.79. The molecule has 0 saturated carbocycles. The first-order valence-corrected chi connectivity index (χ1v) is 5.29. The fourth-order valence-electron chi connectivity index (χ4n) is 1.02. The molecule has 0 amide bonds. The number of aliphatic hydroxyl groups excluding tert-OH is 1. The van der Waals surface area contributed by atoms with Crippen molar-refractivity contribution in [1.29, 1.82) is 0 Å². The summed E-state index contributed by atoms with van der Waals surface area (Å²) in [5.74, 6) is 0.516. The van der Waals surface area contributed by atoms with Crippen LogP contribution in [-0.4, -0.2) is 10.3 Å². The van der Waals surface area contributed by atoms with E-state index in [1.165, 1.54) is 11.3 Å². The highest BCUT2D eigenvalue weighted by molar-refractivity contribution is 7.20. The van der Waals surface area contributed by atoms with Crippen LogP contribution >= 0.6 is 34.5 Å². The Hall–Kier alpha value is -0.550. The molecule has 1 N–H and O–H groups in total. The van der Waals surface area contributed by atoms with Crippen LogP contribution in [0.1, 0.15) is 5.69 Å². The number of rotatable bonds is 2. The van der Waals surface area contributed by atoms with E-state index < -0.39 is 0 Å². The maximum Gasteiger partial charge on any atom is 0.169 e. The second-order valence-electron chi connectivity index (χ2n) is 2.58. The lowest BCUT2D eigenvalue weighted by Crippen LogP contribution is -1.78. The fourth-order valence-corrected chi connectivity index (χ4v) is 2.50. The van der Waals surface area contributed by atoms with Gasteiger partial charge in [-0.15, -0.1) is 11.3 Å². The van der Waals surface area contributed by atoms with Crippen molar-refractivity contribution >= 4 is 34.5 Å². The summed E-state index contributed by atoms with van der Waals surface area (Å²) in [6.45, 7) is -0.154. The molecule has 2 rings (SSSR count). The molecule has 0 radical (unpaired) electrons. The average molecular weight is 250 g/mol. The van der Waals surface area contributed by atoms with Crippen molar-refractivity contribution in [2.75, 3.05) is 0 Å². The summed E-state index contributed by atoms with van der Waals surface area (Å²) in [6, 6.07) is 3.33. The van der Waals surface area contributed by atoms with E-state index in [2.05, 4.69) is 5.16 Å². The molecular weight excluding hydrogens is 245 g/mol. The Morgan fingerprint density at radius 2 is 2.21 bits per heavy atom. The molecule has 0 fully saturated rings. The Balaban J connectivity index is 2.43. The number of halogens is 2. The van der Waals surface area contributed by atoms with Crippen LogP contribution < -0.4 is 0 Å². The molecule has 0 spiro atoms. The first-order valence-electron chi connectivity index (χ1n) is 3.72. The second kappa shape index (κ2) is 3.90. The Morgan fingerprint density at radius 3 is 2.71 bits per heavy atom. The van der Waals surface area contributed by atoms with Gasteiger partial charge < -0.3 is 9.63 Å². The van der Waals surface area contributed by atoms with Gasteiger partial charge in [-0.2, -0.15) is 0 Å². The number of hydrogen-bond acceptors (Lipinski definition) is 4. The minimum Gasteiger partial charge on any atom is -0.390 e. The van der Waals surface area contributed by atoms with Crippen LogP contribution in [-0.2, 0) is 6.61 Å². The molecule has 0 aliphatic heterocycles. The van der Waals surface area contributed by atoms with E-state index in [9.17, 15) is 0 Å². The summed E-state index contributed by atoms with van der Waals surface area (Å²) in [6.07, 6.45) is 0. The van der Waals surface area contributed by atoms with Gasteiger partial charge in [0.15, 0.2) is 5.76 Å². The predicted molar refractivity (Wildman–Crippen MR) is 55.8 cm³/mol. The van der Waals surface area contributed by atoms with Crippen molar-refractivity contribution in [2.45, 2.75) is 6.61 Å². The Kier molecular flexibility index (Phi) is 2.78. The Labute approximate surface area is 93.9 Å². The first-order chi connectivity index (χ1) is 6.70. The quantitative estimate of drug-likeness (QED) is 0.890. The predicted octanol–water partition coefficient (Wildman–Crippen LogP) is 3.20. The lowest BCUT2D eigenvalue weighted by atomic mass is 10.2. The van der Waals surface area contributed by atoms with Crippen LogP contribution in [0.5, 0.6) is 0 Å². The van der Waals surface area contributed by atoms with Crippen LogP contribution in [0.3, 0.4) is 0 Å². The minimum atomic E-state index is -0.154. The standard InChI is InChI=1S/C8H5Cl2NO2S/c9-7-2-5(8(10)14-7)6-1-4(3-12)11-13-6/h1-2,12H,3H2. The van der Waals surface area contributed by atoms with Crippen molar-refractivity contribution in [2.24, 2.45) is 0 Å². The molecule has 0 saturated heterocycles. The monoisotopic (exact) mass is 249 g/mol. The van der Waals surface area contributed by atoms with Crippen molar-refractivity contribution in [3.63, 3.8) is 0 Å². The molecule has 0 unspecified atom stereocenters. The summed E-state index contributed by atoms with van der Waals surface area (Å²) in [5, 5.41) is 12.4. The van der Waals surface area contributed by atoms with Crippen molar-refractivity contribution in [3.8, 4) is 11.3 Å². The van der Waals surface area contributed by atoms with E-state index in [0.29, 0.717) is 25.7 Å². The molecule has 0 atom stereocenters. The van der Waals surface area contributed by atoms with Crippen molar-refractivity contribution < 1.29 is 9.63 Å². The molecule has 6 heteroatoms. The Morgan fingerprint density at radius 1 is 1.43 bits per heavy atom. The largest absolute Gasteiger partial charge is 0.390 e. The van der Waals surface area contributed by atoms with Gasteiger partial charge in [0.05, 0.1) is 16.5 Å². The van der Waals surface area contributed by atoms with Crippen LogP contribution in [0.2, 0.25) is 8.67 Å². The SMILES string of the molecule is OCc1cc(-c2cc(Cl)sc2Cl)on1. The summed E-state index contributed by atoms with van der Waals surface area (Å²) < 4.78 is 6.13. The van der Waals surface area contributed by atoms with E-state index in [0.717, 1.165) is 0 Å². The van der Waals surface area contributed by atoms with Crippen LogP contribution in [0.4, 0.5) is 0 Å². The van der Waals surface area contributed by atoms with Crippen LogP contribution in [0, 0.1) is 0 Å². The molecule has 14 heavy (non-hydrogen) atoms. The van der Waals surface area contributed by atoms with Crippen LogP contribution in [0.15, 0.2) is 16.7 Å². The van der Waals surface area contributed by atoms with Gasteiger partial charge in [-0.05, 0) is 6.07 Å². The third kappa shape index (κ3) is 1.79. The van der Waals surface area contributed by atoms with E-state index in [4.69, 9.17) is 32.8 Å². The third-order valence-electron chi connectivity index (χ3n) is 1.64. The van der Waals surface area contributed by atoms with Gasteiger partial charge >= 0.3 is 0 Å². The average Bonchev–Trinajstić information content (AvgIpc) is 2.71. The molecule has 2 aromatic heterocycles. The summed E-state index contributed by atoms with van der Waals surface area (Å²) in [5.41, 5.74) is 1.17. The molecule has 0 aliphatic carbocycles. The first kappa shape index (κ1) is 9.98. The lowest BCUT2D eigenvalue weighted by Gasteiger charge is -1.87. The molecule has 0 bridgehead atoms. The molecule has 0 aromatic carbocycles. The smallest absolute Gasteiger partial charge is 0.169 e. The zero-order chi connectivity index (χ0) is 10.1. The lowest BCUT2D eigenvalue weighted by molar-refractivity contribution is 0.267. The minimum absolute atomic E-state index is 0.154. The third-order valence-corrected chi connectivity index (χ3v) is 3.13. The summed E-state index contributed by atoms with van der Waals surface area (Å²) >= 11 is 13.0. The summed E-state index contributed by atoms with van der Waals surface area (Å²) in [7, 11) is 0. The van der Waals surface area contributed by atoms with Gasteiger partial charge in [-0.3, -0.25) is 0 Å². The van der Waals surface area contributed by atoms with Gasteiger partial charge in [-0.25, -0.2) is 0 Å². The van der Waals surface area contributed by atoms with Gasteiger partial charge in [-0.1, -0.05) is 28.4 Å². The number of hydrogen-bond donors (Lipinski definition) is 1. The number of nitrogens with zero attached hydrogens (tertiary/aromatic N) is 1. The van der Waals surface area contributed by atoms with E-state index in [1.807, 2.05) is 0 Å². The van der Waals surface area contributed by atoms with Crippen molar-refractivity contribution in [3.05, 3.63) is 26.5 Å². The molecule has 0 aliphatic rings. The highest BCUT2D eigenvalue weighted by Crippen LogP contribution is 2.38. The maximum atomic E-state index is 8.79. The number of aromatic nitrogens is 1. The number of thiophene rings is 1. The highest BCUT2D eigenvalue weighted by atomic mass is 35.5. The topological polar surface area (TPSA) is 46.3 Å². The Bertz CT molecular complexity index is 452. The van der Waals surface area contributed by atoms with Gasteiger partial charge in [0, 0.05) is 6.07 Å². The molecule has 3 nitrogen and oxygen atoms in total. The normalized spacial score (nSPS) is 10.8.